The van der Waals surface area contributed by atoms with Crippen molar-refractivity contribution in [3.8, 4) is 11.3 Å². The maximum absolute atomic E-state index is 13.3. The molecule has 3 nitrogen and oxygen atoms in total. The molecule has 4 heteroatoms. The van der Waals surface area contributed by atoms with Gasteiger partial charge in [0.05, 0.1) is 6.20 Å². The summed E-state index contributed by atoms with van der Waals surface area (Å²) in [6, 6.07) is 4.84. The van der Waals surface area contributed by atoms with Gasteiger partial charge in [0.1, 0.15) is 11.5 Å². The van der Waals surface area contributed by atoms with Gasteiger partial charge in [0.15, 0.2) is 0 Å². The van der Waals surface area contributed by atoms with E-state index >= 15 is 0 Å². The molecule has 1 aromatic heterocycles. The van der Waals surface area contributed by atoms with Crippen LogP contribution in [0.15, 0.2) is 42.8 Å². The second-order valence-electron chi connectivity index (χ2n) is 4.08. The van der Waals surface area contributed by atoms with Crippen LogP contribution in [0.1, 0.15) is 12.0 Å². The Morgan fingerprint density at radius 2 is 2.28 bits per heavy atom. The maximum atomic E-state index is 13.3. The number of halogens is 1. The molecule has 0 bridgehead atoms. The molecule has 0 N–H and O–H groups in total. The molecule has 0 saturated heterocycles. The van der Waals surface area contributed by atoms with Crippen molar-refractivity contribution in [2.75, 3.05) is 0 Å². The summed E-state index contributed by atoms with van der Waals surface area (Å²) in [6.45, 7) is 6.06. The Morgan fingerprint density at radius 1 is 1.44 bits per heavy atom. The minimum Gasteiger partial charge on any atom is -0.252 e. The van der Waals surface area contributed by atoms with Crippen molar-refractivity contribution >= 4 is 0 Å². The third kappa shape index (κ3) is 2.93. The molecular formula is C14H14FN3. The molecule has 1 heterocycles. The minimum atomic E-state index is -0.255. The number of aryl methyl sites for hydroxylation is 2. The van der Waals surface area contributed by atoms with Crippen molar-refractivity contribution in [1.82, 2.24) is 15.0 Å². The zero-order valence-corrected chi connectivity index (χ0v) is 10.2. The second kappa shape index (κ2) is 5.43. The Balaban J connectivity index is 2.20. The maximum Gasteiger partial charge on any atom is 0.124 e. The summed E-state index contributed by atoms with van der Waals surface area (Å²) in [4.78, 5) is 0. The van der Waals surface area contributed by atoms with Gasteiger partial charge in [-0.05, 0) is 43.2 Å². The highest BCUT2D eigenvalue weighted by Gasteiger charge is 2.05. The lowest BCUT2D eigenvalue weighted by molar-refractivity contribution is 0.597. The van der Waals surface area contributed by atoms with E-state index in [9.17, 15) is 4.39 Å². The monoisotopic (exact) mass is 243 g/mol. The van der Waals surface area contributed by atoms with E-state index in [-0.39, 0.29) is 5.82 Å². The lowest BCUT2D eigenvalue weighted by Crippen LogP contribution is -1.96. The molecule has 0 amide bonds. The standard InChI is InChI=1S/C14H14FN3/c1-3-4-5-6-18-10-14(16-17-18)12-7-11(2)8-13(15)9-12/h4,7-10H,1,5-6H2,2H3. The minimum absolute atomic E-state index is 0.255. The molecule has 0 aliphatic heterocycles. The van der Waals surface area contributed by atoms with Gasteiger partial charge in [-0.2, -0.15) is 0 Å². The van der Waals surface area contributed by atoms with Crippen LogP contribution in [0.25, 0.3) is 11.3 Å². The number of benzene rings is 1. The van der Waals surface area contributed by atoms with Gasteiger partial charge in [-0.25, -0.2) is 4.39 Å². The number of nitrogens with zero attached hydrogens (tertiary/aromatic N) is 3. The van der Waals surface area contributed by atoms with E-state index in [1.54, 1.807) is 4.68 Å². The van der Waals surface area contributed by atoms with Gasteiger partial charge in [-0.15, -0.1) is 10.8 Å². The molecule has 1 aromatic carbocycles. The van der Waals surface area contributed by atoms with Crippen molar-refractivity contribution in [2.45, 2.75) is 19.9 Å². The van der Waals surface area contributed by atoms with Gasteiger partial charge in [0.2, 0.25) is 0 Å². The average Bonchev–Trinajstić information content (AvgIpc) is 2.77. The van der Waals surface area contributed by atoms with Crippen molar-refractivity contribution in [1.29, 1.82) is 0 Å². The first-order valence-electron chi connectivity index (χ1n) is 5.71. The highest BCUT2D eigenvalue weighted by atomic mass is 19.1. The summed E-state index contributed by atoms with van der Waals surface area (Å²) in [7, 11) is 0. The topological polar surface area (TPSA) is 30.7 Å². The molecule has 0 atom stereocenters. The van der Waals surface area contributed by atoms with Crippen molar-refractivity contribution in [3.05, 3.63) is 54.2 Å². The quantitative estimate of drug-likeness (QED) is 0.772. The zero-order chi connectivity index (χ0) is 13.0. The second-order valence-corrected chi connectivity index (χ2v) is 4.08. The molecule has 0 unspecified atom stereocenters. The first-order valence-corrected chi connectivity index (χ1v) is 5.71. The number of allylic oxidation sites excluding steroid dienone is 1. The Bertz CT molecular complexity index is 575. The summed E-state index contributed by atoms with van der Waals surface area (Å²) in [5.41, 5.74) is 5.00. The van der Waals surface area contributed by atoms with Crippen LogP contribution in [0.4, 0.5) is 4.39 Å². The average molecular weight is 243 g/mol. The SMILES string of the molecule is C=C=CCCn1cc(-c2cc(C)cc(F)c2)nn1. The number of hydrogen-bond acceptors (Lipinski definition) is 2. The molecule has 0 aliphatic carbocycles. The Kier molecular flexibility index (Phi) is 3.70. The molecule has 2 rings (SSSR count). The van der Waals surface area contributed by atoms with Gasteiger partial charge in [0, 0.05) is 12.1 Å². The largest absolute Gasteiger partial charge is 0.252 e. The molecule has 0 aliphatic rings. The Hall–Kier alpha value is -2.19. The summed E-state index contributed by atoms with van der Waals surface area (Å²) < 4.78 is 15.0. The number of rotatable bonds is 4. The van der Waals surface area contributed by atoms with Gasteiger partial charge < -0.3 is 0 Å². The van der Waals surface area contributed by atoms with E-state index in [0.717, 1.165) is 17.5 Å². The molecule has 0 spiro atoms. The highest BCUT2D eigenvalue weighted by molar-refractivity contribution is 5.58. The molecular weight excluding hydrogens is 229 g/mol. The fraction of sp³-hybridized carbons (Fsp3) is 0.214. The predicted octanol–water partition coefficient (Wildman–Crippen LogP) is 3.12. The zero-order valence-electron chi connectivity index (χ0n) is 10.2. The fourth-order valence-electron chi connectivity index (χ4n) is 1.72. The normalized spacial score (nSPS) is 10.1. The van der Waals surface area contributed by atoms with Crippen LogP contribution < -0.4 is 0 Å². The van der Waals surface area contributed by atoms with Gasteiger partial charge >= 0.3 is 0 Å². The van der Waals surface area contributed by atoms with Gasteiger partial charge in [0.25, 0.3) is 0 Å². The lowest BCUT2D eigenvalue weighted by Gasteiger charge is -1.99. The summed E-state index contributed by atoms with van der Waals surface area (Å²) in [5, 5.41) is 8.04. The summed E-state index contributed by atoms with van der Waals surface area (Å²) in [5.74, 6) is -0.255. The van der Waals surface area contributed by atoms with E-state index in [4.69, 9.17) is 0 Å². The smallest absolute Gasteiger partial charge is 0.124 e. The molecule has 0 fully saturated rings. The van der Waals surface area contributed by atoms with Crippen LogP contribution in [0, 0.1) is 12.7 Å². The van der Waals surface area contributed by atoms with Crippen LogP contribution in [-0.4, -0.2) is 15.0 Å². The predicted molar refractivity (Wildman–Crippen MR) is 68.5 cm³/mol. The number of aromatic nitrogens is 3. The van der Waals surface area contributed by atoms with Crippen LogP contribution in [0.2, 0.25) is 0 Å². The Morgan fingerprint density at radius 3 is 3.00 bits per heavy atom. The van der Waals surface area contributed by atoms with E-state index < -0.39 is 0 Å². The number of hydrogen-bond donors (Lipinski definition) is 0. The summed E-state index contributed by atoms with van der Waals surface area (Å²) >= 11 is 0. The van der Waals surface area contributed by atoms with E-state index in [2.05, 4.69) is 22.6 Å². The van der Waals surface area contributed by atoms with Crippen molar-refractivity contribution < 1.29 is 4.39 Å². The van der Waals surface area contributed by atoms with Crippen LogP contribution in [0.5, 0.6) is 0 Å². The summed E-state index contributed by atoms with van der Waals surface area (Å²) in [6.07, 6.45) is 4.45. The van der Waals surface area contributed by atoms with Gasteiger partial charge in [-0.1, -0.05) is 11.8 Å². The highest BCUT2D eigenvalue weighted by Crippen LogP contribution is 2.19. The van der Waals surface area contributed by atoms with Gasteiger partial charge in [-0.3, -0.25) is 4.68 Å². The first kappa shape index (κ1) is 12.3. The first-order chi connectivity index (χ1) is 8.69. The molecule has 92 valence electrons. The van der Waals surface area contributed by atoms with Crippen molar-refractivity contribution in [2.24, 2.45) is 0 Å². The molecule has 2 aromatic rings. The van der Waals surface area contributed by atoms with E-state index in [1.807, 2.05) is 25.3 Å². The lowest BCUT2D eigenvalue weighted by atomic mass is 10.1. The third-order valence-corrected chi connectivity index (χ3v) is 2.52. The van der Waals surface area contributed by atoms with Crippen LogP contribution >= 0.6 is 0 Å². The molecule has 0 saturated carbocycles. The van der Waals surface area contributed by atoms with Crippen molar-refractivity contribution in [3.63, 3.8) is 0 Å². The van der Waals surface area contributed by atoms with E-state index in [0.29, 0.717) is 12.2 Å². The molecule has 0 radical (unpaired) electrons. The fourth-order valence-corrected chi connectivity index (χ4v) is 1.72. The third-order valence-electron chi connectivity index (χ3n) is 2.52. The van der Waals surface area contributed by atoms with E-state index in [1.165, 1.54) is 12.1 Å². The molecule has 18 heavy (non-hydrogen) atoms. The van der Waals surface area contributed by atoms with Crippen LogP contribution in [0.3, 0.4) is 0 Å². The van der Waals surface area contributed by atoms with Crippen LogP contribution in [-0.2, 0) is 6.54 Å². The Labute approximate surface area is 105 Å².